The molecule has 0 aromatic heterocycles. The molecule has 1 aliphatic rings. The standard InChI is InChI=1S/C16H23N3O2.ClH/c1-16(7-9-17-10-8-16)12-19-14(20)11-18-15(21)13-5-3-2-4-6-13;/h2-6,17H,7-12H2,1H3,(H,18,21)(H,19,20);1H. The predicted octanol–water partition coefficient (Wildman–Crippen LogP) is 1.34. The van der Waals surface area contributed by atoms with Crippen molar-refractivity contribution < 1.29 is 9.59 Å². The second-order valence-corrected chi connectivity index (χ2v) is 5.89. The lowest BCUT2D eigenvalue weighted by atomic mass is 9.81. The molecule has 0 spiro atoms. The van der Waals surface area contributed by atoms with Crippen LogP contribution in [0.5, 0.6) is 0 Å². The number of hydrogen-bond acceptors (Lipinski definition) is 3. The fourth-order valence-electron chi connectivity index (χ4n) is 2.43. The minimum absolute atomic E-state index is 0. The molecule has 0 radical (unpaired) electrons. The van der Waals surface area contributed by atoms with Crippen molar-refractivity contribution in [1.29, 1.82) is 0 Å². The molecule has 2 amide bonds. The molecule has 122 valence electrons. The van der Waals surface area contributed by atoms with E-state index in [4.69, 9.17) is 0 Å². The second-order valence-electron chi connectivity index (χ2n) is 5.89. The third-order valence-corrected chi connectivity index (χ3v) is 3.97. The van der Waals surface area contributed by atoms with Gasteiger partial charge in [-0.25, -0.2) is 0 Å². The van der Waals surface area contributed by atoms with E-state index >= 15 is 0 Å². The first-order valence-electron chi connectivity index (χ1n) is 7.40. The van der Waals surface area contributed by atoms with Gasteiger partial charge in [0.15, 0.2) is 0 Å². The number of carbonyl (C=O) groups excluding carboxylic acids is 2. The number of piperidine rings is 1. The molecule has 1 heterocycles. The summed E-state index contributed by atoms with van der Waals surface area (Å²) in [6.45, 7) is 4.86. The zero-order chi connectivity index (χ0) is 15.1. The van der Waals surface area contributed by atoms with Crippen molar-refractivity contribution in [3.63, 3.8) is 0 Å². The van der Waals surface area contributed by atoms with Gasteiger partial charge in [-0.15, -0.1) is 12.4 Å². The third-order valence-electron chi connectivity index (χ3n) is 3.97. The Labute approximate surface area is 137 Å². The average molecular weight is 326 g/mol. The van der Waals surface area contributed by atoms with Crippen LogP contribution >= 0.6 is 12.4 Å². The summed E-state index contributed by atoms with van der Waals surface area (Å²) in [5, 5.41) is 8.87. The van der Waals surface area contributed by atoms with Gasteiger partial charge >= 0.3 is 0 Å². The molecule has 2 rings (SSSR count). The van der Waals surface area contributed by atoms with Gasteiger partial charge in [-0.1, -0.05) is 25.1 Å². The first kappa shape index (κ1) is 18.5. The van der Waals surface area contributed by atoms with Gasteiger partial charge in [0.1, 0.15) is 0 Å². The molecule has 1 fully saturated rings. The maximum atomic E-state index is 11.8. The van der Waals surface area contributed by atoms with Crippen LogP contribution in [0.3, 0.4) is 0 Å². The van der Waals surface area contributed by atoms with E-state index < -0.39 is 0 Å². The van der Waals surface area contributed by atoms with E-state index in [0.29, 0.717) is 12.1 Å². The summed E-state index contributed by atoms with van der Waals surface area (Å²) < 4.78 is 0. The Kier molecular flexibility index (Phi) is 7.35. The minimum atomic E-state index is -0.223. The number of carbonyl (C=O) groups is 2. The lowest BCUT2D eigenvalue weighted by molar-refractivity contribution is -0.120. The second kappa shape index (κ2) is 8.76. The molecule has 22 heavy (non-hydrogen) atoms. The van der Waals surface area contributed by atoms with Crippen LogP contribution in [0, 0.1) is 5.41 Å². The molecule has 0 bridgehead atoms. The van der Waals surface area contributed by atoms with Gasteiger partial charge in [-0.05, 0) is 43.5 Å². The summed E-state index contributed by atoms with van der Waals surface area (Å²) in [6, 6.07) is 8.90. The highest BCUT2D eigenvalue weighted by molar-refractivity contribution is 5.96. The Bertz CT molecular complexity index is 487. The van der Waals surface area contributed by atoms with Crippen LogP contribution in [0.2, 0.25) is 0 Å². The highest BCUT2D eigenvalue weighted by Gasteiger charge is 2.26. The number of halogens is 1. The summed E-state index contributed by atoms with van der Waals surface area (Å²) in [4.78, 5) is 23.6. The summed E-state index contributed by atoms with van der Waals surface area (Å²) >= 11 is 0. The van der Waals surface area contributed by atoms with E-state index in [1.807, 2.05) is 6.07 Å². The SMILES string of the molecule is CC1(CNC(=O)CNC(=O)c2ccccc2)CCNCC1.Cl. The minimum Gasteiger partial charge on any atom is -0.354 e. The van der Waals surface area contributed by atoms with Crippen molar-refractivity contribution in [3.05, 3.63) is 35.9 Å². The van der Waals surface area contributed by atoms with E-state index in [-0.39, 0.29) is 36.2 Å². The maximum Gasteiger partial charge on any atom is 0.251 e. The Morgan fingerprint density at radius 3 is 2.41 bits per heavy atom. The largest absolute Gasteiger partial charge is 0.354 e. The van der Waals surface area contributed by atoms with Crippen molar-refractivity contribution in [2.75, 3.05) is 26.2 Å². The fraction of sp³-hybridized carbons (Fsp3) is 0.500. The van der Waals surface area contributed by atoms with Crippen LogP contribution in [0.25, 0.3) is 0 Å². The number of rotatable bonds is 5. The highest BCUT2D eigenvalue weighted by Crippen LogP contribution is 2.26. The molecule has 1 aromatic carbocycles. The first-order valence-corrected chi connectivity index (χ1v) is 7.40. The maximum absolute atomic E-state index is 11.8. The monoisotopic (exact) mass is 325 g/mol. The van der Waals surface area contributed by atoms with Crippen molar-refractivity contribution in [1.82, 2.24) is 16.0 Å². The lowest BCUT2D eigenvalue weighted by Crippen LogP contribution is -2.45. The van der Waals surface area contributed by atoms with Gasteiger partial charge in [0, 0.05) is 12.1 Å². The molecular weight excluding hydrogens is 302 g/mol. The van der Waals surface area contributed by atoms with E-state index in [2.05, 4.69) is 22.9 Å². The molecule has 0 atom stereocenters. The number of benzene rings is 1. The van der Waals surface area contributed by atoms with Crippen LogP contribution in [0.4, 0.5) is 0 Å². The van der Waals surface area contributed by atoms with Crippen LogP contribution in [-0.2, 0) is 4.79 Å². The van der Waals surface area contributed by atoms with Gasteiger partial charge in [-0.3, -0.25) is 9.59 Å². The summed E-state index contributed by atoms with van der Waals surface area (Å²) in [5.41, 5.74) is 0.722. The number of nitrogens with one attached hydrogen (secondary N) is 3. The fourth-order valence-corrected chi connectivity index (χ4v) is 2.43. The molecule has 0 unspecified atom stereocenters. The third kappa shape index (κ3) is 5.66. The van der Waals surface area contributed by atoms with Crippen molar-refractivity contribution >= 4 is 24.2 Å². The Hall–Kier alpha value is -1.59. The van der Waals surface area contributed by atoms with Crippen LogP contribution in [0.1, 0.15) is 30.1 Å². The smallest absolute Gasteiger partial charge is 0.251 e. The van der Waals surface area contributed by atoms with Gasteiger partial charge in [0.2, 0.25) is 5.91 Å². The van der Waals surface area contributed by atoms with Gasteiger partial charge in [-0.2, -0.15) is 0 Å². The zero-order valence-corrected chi connectivity index (χ0v) is 13.7. The molecule has 0 saturated carbocycles. The van der Waals surface area contributed by atoms with E-state index in [1.54, 1.807) is 24.3 Å². The summed E-state index contributed by atoms with van der Waals surface area (Å²) in [7, 11) is 0. The van der Waals surface area contributed by atoms with E-state index in [9.17, 15) is 9.59 Å². The molecule has 1 aromatic rings. The summed E-state index contributed by atoms with van der Waals surface area (Å²) in [6.07, 6.45) is 2.12. The number of amides is 2. The molecule has 0 aliphatic carbocycles. The molecule has 6 heteroatoms. The van der Waals surface area contributed by atoms with E-state index in [1.165, 1.54) is 0 Å². The van der Waals surface area contributed by atoms with Gasteiger partial charge in [0.25, 0.3) is 5.91 Å². The number of hydrogen-bond donors (Lipinski definition) is 3. The quantitative estimate of drug-likeness (QED) is 0.765. The Balaban J connectivity index is 0.00000242. The molecule has 3 N–H and O–H groups in total. The van der Waals surface area contributed by atoms with Crippen molar-refractivity contribution in [3.8, 4) is 0 Å². The summed E-state index contributed by atoms with van der Waals surface area (Å²) in [5.74, 6) is -0.363. The van der Waals surface area contributed by atoms with Gasteiger partial charge < -0.3 is 16.0 Å². The van der Waals surface area contributed by atoms with Gasteiger partial charge in [0.05, 0.1) is 6.54 Å². The van der Waals surface area contributed by atoms with Crippen molar-refractivity contribution in [2.24, 2.45) is 5.41 Å². The molecule has 1 aliphatic heterocycles. The molecule has 5 nitrogen and oxygen atoms in total. The van der Waals surface area contributed by atoms with Crippen LogP contribution in [0.15, 0.2) is 30.3 Å². The van der Waals surface area contributed by atoms with Crippen LogP contribution < -0.4 is 16.0 Å². The molecule has 1 saturated heterocycles. The Morgan fingerprint density at radius 2 is 1.77 bits per heavy atom. The highest BCUT2D eigenvalue weighted by atomic mass is 35.5. The normalized spacial score (nSPS) is 16.2. The zero-order valence-electron chi connectivity index (χ0n) is 12.9. The molecular formula is C16H24ClN3O2. The van der Waals surface area contributed by atoms with Crippen LogP contribution in [-0.4, -0.2) is 38.0 Å². The average Bonchev–Trinajstić information content (AvgIpc) is 2.52. The van der Waals surface area contributed by atoms with E-state index in [0.717, 1.165) is 25.9 Å². The van der Waals surface area contributed by atoms with Crippen molar-refractivity contribution in [2.45, 2.75) is 19.8 Å². The first-order chi connectivity index (χ1) is 10.1. The topological polar surface area (TPSA) is 70.2 Å². The predicted molar refractivity (Wildman–Crippen MR) is 89.2 cm³/mol. The lowest BCUT2D eigenvalue weighted by Gasteiger charge is -2.34. The Morgan fingerprint density at radius 1 is 1.14 bits per heavy atom.